The summed E-state index contributed by atoms with van der Waals surface area (Å²) in [6.07, 6.45) is 0. The van der Waals surface area contributed by atoms with Gasteiger partial charge in [0.05, 0.1) is 31.9 Å². The van der Waals surface area contributed by atoms with E-state index in [-0.39, 0.29) is 44.2 Å². The summed E-state index contributed by atoms with van der Waals surface area (Å²) in [5, 5.41) is 2.61. The molecule has 0 aliphatic carbocycles. The summed E-state index contributed by atoms with van der Waals surface area (Å²) in [4.78, 5) is 13.0. The van der Waals surface area contributed by atoms with Gasteiger partial charge in [-0.05, 0) is 74.5 Å². The monoisotopic (exact) mass is 631 g/mol. The van der Waals surface area contributed by atoms with Gasteiger partial charge >= 0.3 is 0 Å². The third-order valence-electron chi connectivity index (χ3n) is 6.19. The van der Waals surface area contributed by atoms with Crippen LogP contribution in [0, 0.1) is 0 Å². The lowest BCUT2D eigenvalue weighted by atomic mass is 10.2. The van der Waals surface area contributed by atoms with Crippen molar-refractivity contribution in [2.24, 2.45) is 0 Å². The number of hydrogen-bond acceptors (Lipinski definition) is 5. The number of anilines is 3. The summed E-state index contributed by atoms with van der Waals surface area (Å²) in [6, 6.07) is 25.1. The number of benzene rings is 4. The fourth-order valence-corrected chi connectivity index (χ4v) is 7.91. The lowest BCUT2D eigenvalue weighted by Gasteiger charge is -2.24. The topological polar surface area (TPSA) is 104 Å². The number of rotatable bonds is 10. The molecule has 0 heterocycles. The molecule has 4 aromatic carbocycles. The first-order chi connectivity index (χ1) is 19.5. The molecule has 0 unspecified atom stereocenters. The number of nitrogens with one attached hydrogen (secondary N) is 1. The van der Waals surface area contributed by atoms with Crippen LogP contribution in [0.4, 0.5) is 17.1 Å². The summed E-state index contributed by atoms with van der Waals surface area (Å²) in [5.41, 5.74) is 0.964. The molecule has 0 saturated heterocycles. The molecule has 1 N–H and O–H groups in total. The number of para-hydroxylation sites is 2. The van der Waals surface area contributed by atoms with E-state index in [9.17, 15) is 21.6 Å². The molecule has 12 heteroatoms. The van der Waals surface area contributed by atoms with Crippen LogP contribution in [-0.2, 0) is 20.0 Å². The first kappa shape index (κ1) is 30.4. The third-order valence-corrected chi connectivity index (χ3v) is 10.8. The summed E-state index contributed by atoms with van der Waals surface area (Å²) in [5.74, 6) is -0.726. The minimum Gasteiger partial charge on any atom is -0.322 e. The van der Waals surface area contributed by atoms with E-state index in [0.29, 0.717) is 11.4 Å². The first-order valence-corrected chi connectivity index (χ1v) is 16.2. The zero-order valence-corrected chi connectivity index (χ0v) is 25.3. The molecule has 8 nitrogen and oxygen atoms in total. The van der Waals surface area contributed by atoms with E-state index < -0.39 is 26.0 Å². The van der Waals surface area contributed by atoms with Crippen molar-refractivity contribution in [3.05, 3.63) is 113 Å². The number of halogens is 2. The maximum atomic E-state index is 13.5. The van der Waals surface area contributed by atoms with Gasteiger partial charge in [0.15, 0.2) is 0 Å². The van der Waals surface area contributed by atoms with Crippen molar-refractivity contribution in [3.63, 3.8) is 0 Å². The fraction of sp³-hybridized carbons (Fsp3) is 0.138. The van der Waals surface area contributed by atoms with Gasteiger partial charge in [-0.2, -0.15) is 0 Å². The number of sulfonamides is 2. The SMILES string of the molecule is CCN(c1ccccc1)S(=O)(=O)c1ccc(Cl)c(C(=O)Nc2ccc(Cl)c(S(=O)(=O)N(CC)c3ccccc3)c2)c1. The van der Waals surface area contributed by atoms with E-state index in [4.69, 9.17) is 23.2 Å². The molecule has 0 aliphatic heterocycles. The Hall–Kier alpha value is -3.57. The molecule has 0 aliphatic rings. The highest BCUT2D eigenvalue weighted by molar-refractivity contribution is 7.93. The maximum Gasteiger partial charge on any atom is 0.265 e. The second-order valence-corrected chi connectivity index (χ2v) is 13.3. The molecule has 0 fully saturated rings. The van der Waals surface area contributed by atoms with E-state index in [1.54, 1.807) is 74.5 Å². The van der Waals surface area contributed by atoms with Crippen molar-refractivity contribution in [1.29, 1.82) is 0 Å². The highest BCUT2D eigenvalue weighted by Gasteiger charge is 2.28. The Balaban J connectivity index is 1.66. The zero-order valence-electron chi connectivity index (χ0n) is 22.2. The Morgan fingerprint density at radius 3 is 1.73 bits per heavy atom. The quantitative estimate of drug-likeness (QED) is 0.210. The summed E-state index contributed by atoms with van der Waals surface area (Å²) < 4.78 is 56.5. The van der Waals surface area contributed by atoms with Crippen molar-refractivity contribution >= 4 is 66.2 Å². The van der Waals surface area contributed by atoms with Crippen LogP contribution in [0.3, 0.4) is 0 Å². The molecular formula is C29H27Cl2N3O5S2. The summed E-state index contributed by atoms with van der Waals surface area (Å²) in [7, 11) is -8.12. The van der Waals surface area contributed by atoms with E-state index >= 15 is 0 Å². The van der Waals surface area contributed by atoms with E-state index in [1.165, 1.54) is 45.0 Å². The van der Waals surface area contributed by atoms with Gasteiger partial charge < -0.3 is 5.32 Å². The van der Waals surface area contributed by atoms with Gasteiger partial charge in [-0.15, -0.1) is 0 Å². The Morgan fingerprint density at radius 1 is 0.683 bits per heavy atom. The molecule has 41 heavy (non-hydrogen) atoms. The Labute approximate surface area is 250 Å². The molecule has 0 saturated carbocycles. The largest absolute Gasteiger partial charge is 0.322 e. The van der Waals surface area contributed by atoms with Crippen molar-refractivity contribution in [3.8, 4) is 0 Å². The predicted molar refractivity (Wildman–Crippen MR) is 164 cm³/mol. The third kappa shape index (κ3) is 6.36. The lowest BCUT2D eigenvalue weighted by Crippen LogP contribution is -2.31. The van der Waals surface area contributed by atoms with Crippen molar-refractivity contribution in [1.82, 2.24) is 0 Å². The molecular weight excluding hydrogens is 605 g/mol. The molecule has 4 rings (SSSR count). The van der Waals surface area contributed by atoms with Gasteiger partial charge in [-0.25, -0.2) is 16.8 Å². The van der Waals surface area contributed by atoms with Crippen LogP contribution < -0.4 is 13.9 Å². The first-order valence-electron chi connectivity index (χ1n) is 12.6. The van der Waals surface area contributed by atoms with Gasteiger partial charge in [0.1, 0.15) is 4.90 Å². The second-order valence-electron chi connectivity index (χ2n) is 8.75. The number of nitrogens with zero attached hydrogens (tertiary/aromatic N) is 2. The van der Waals surface area contributed by atoms with Crippen LogP contribution in [0.5, 0.6) is 0 Å². The van der Waals surface area contributed by atoms with Gasteiger partial charge in [0, 0.05) is 18.8 Å². The minimum atomic E-state index is -4.09. The summed E-state index contributed by atoms with van der Waals surface area (Å²) >= 11 is 12.6. The van der Waals surface area contributed by atoms with Crippen LogP contribution in [0.2, 0.25) is 10.0 Å². The average molecular weight is 633 g/mol. The maximum absolute atomic E-state index is 13.5. The molecule has 4 aromatic rings. The van der Waals surface area contributed by atoms with Crippen molar-refractivity contribution in [2.45, 2.75) is 23.6 Å². The fourth-order valence-electron chi connectivity index (χ4n) is 4.23. The highest BCUT2D eigenvalue weighted by Crippen LogP contribution is 2.32. The zero-order chi connectivity index (χ0) is 29.8. The Bertz CT molecular complexity index is 1770. The number of carbonyl (C=O) groups is 1. The average Bonchev–Trinajstić information content (AvgIpc) is 2.95. The number of amides is 1. The van der Waals surface area contributed by atoms with Crippen LogP contribution in [0.15, 0.2) is 107 Å². The number of hydrogen-bond donors (Lipinski definition) is 1. The molecule has 0 aromatic heterocycles. The molecule has 0 radical (unpaired) electrons. The van der Waals surface area contributed by atoms with Gasteiger partial charge in [-0.1, -0.05) is 59.6 Å². The normalized spacial score (nSPS) is 11.6. The van der Waals surface area contributed by atoms with Gasteiger partial charge in [-0.3, -0.25) is 13.4 Å². The number of carbonyl (C=O) groups excluding carboxylic acids is 1. The van der Waals surface area contributed by atoms with E-state index in [0.717, 1.165) is 0 Å². The van der Waals surface area contributed by atoms with Crippen LogP contribution in [-0.4, -0.2) is 35.8 Å². The van der Waals surface area contributed by atoms with Crippen LogP contribution in [0.1, 0.15) is 24.2 Å². The van der Waals surface area contributed by atoms with Crippen molar-refractivity contribution in [2.75, 3.05) is 27.0 Å². The second kappa shape index (κ2) is 12.5. The minimum absolute atomic E-state index is 0.0206. The lowest BCUT2D eigenvalue weighted by molar-refractivity contribution is 0.102. The van der Waals surface area contributed by atoms with Gasteiger partial charge in [0.2, 0.25) is 0 Å². The molecule has 0 bridgehead atoms. The highest BCUT2D eigenvalue weighted by atomic mass is 35.5. The van der Waals surface area contributed by atoms with Crippen LogP contribution in [0.25, 0.3) is 0 Å². The summed E-state index contributed by atoms with van der Waals surface area (Å²) in [6.45, 7) is 3.71. The smallest absolute Gasteiger partial charge is 0.265 e. The van der Waals surface area contributed by atoms with Crippen LogP contribution >= 0.6 is 23.2 Å². The Kier molecular flexibility index (Phi) is 9.28. The molecule has 0 spiro atoms. The standard InChI is InChI=1S/C29H27Cl2N3O5S2/c1-3-33(22-11-7-5-8-12-22)40(36,37)24-16-18-26(30)25(20-24)29(35)32-21-15-17-27(31)28(19-21)41(38,39)34(4-2)23-13-9-6-10-14-23/h5-20H,3-4H2,1-2H3,(H,32,35). The van der Waals surface area contributed by atoms with Gasteiger partial charge in [0.25, 0.3) is 26.0 Å². The molecule has 1 amide bonds. The van der Waals surface area contributed by atoms with E-state index in [1.807, 2.05) is 0 Å². The molecule has 0 atom stereocenters. The predicted octanol–water partition coefficient (Wildman–Crippen LogP) is 6.68. The van der Waals surface area contributed by atoms with E-state index in [2.05, 4.69) is 5.32 Å². The Morgan fingerprint density at radius 2 is 1.20 bits per heavy atom. The molecule has 214 valence electrons. The van der Waals surface area contributed by atoms with Crippen molar-refractivity contribution < 1.29 is 21.6 Å².